The van der Waals surface area contributed by atoms with E-state index in [0.717, 1.165) is 24.0 Å². The van der Waals surface area contributed by atoms with Crippen LogP contribution in [0.15, 0.2) is 42.5 Å². The Morgan fingerprint density at radius 3 is 2.26 bits per heavy atom. The van der Waals surface area contributed by atoms with Gasteiger partial charge in [0.25, 0.3) is 0 Å². The Balaban J connectivity index is 2.24. The standard InChI is InChI=1S/C31H43NO10/c1-21(2)28-31(4,5)42-30(38)32(28)29(37)25(20-23-10-7-6-8-11-23)27(41-22(3)34)26(36)14-13-24(35)12-9-16-39-18-19-40-17-15-33/h6-8,10-11,13-14,21,25,27-28,33H,9,12,15-20H2,1-5H3/t25-,27-,28-/m1/s1. The van der Waals surface area contributed by atoms with Crippen molar-refractivity contribution in [1.29, 1.82) is 0 Å². The quantitative estimate of drug-likeness (QED) is 0.154. The molecule has 11 heteroatoms. The van der Waals surface area contributed by atoms with Crippen LogP contribution in [-0.2, 0) is 44.5 Å². The van der Waals surface area contributed by atoms with E-state index >= 15 is 0 Å². The number of cyclic esters (lactones) is 1. The summed E-state index contributed by atoms with van der Waals surface area (Å²) in [6.45, 7) is 9.39. The number of nitrogens with zero attached hydrogens (tertiary/aromatic N) is 1. The number of ketones is 2. The van der Waals surface area contributed by atoms with Gasteiger partial charge in [0.15, 0.2) is 17.7 Å². The van der Waals surface area contributed by atoms with Crippen LogP contribution >= 0.6 is 0 Å². The minimum absolute atomic E-state index is 0.000468. The van der Waals surface area contributed by atoms with Crippen molar-refractivity contribution in [3.63, 3.8) is 0 Å². The number of allylic oxidation sites excluding steroid dienone is 1. The van der Waals surface area contributed by atoms with E-state index in [1.54, 1.807) is 44.2 Å². The minimum atomic E-state index is -1.58. The molecule has 42 heavy (non-hydrogen) atoms. The zero-order valence-corrected chi connectivity index (χ0v) is 25.1. The molecule has 0 spiro atoms. The van der Waals surface area contributed by atoms with E-state index in [4.69, 9.17) is 24.1 Å². The largest absolute Gasteiger partial charge is 0.453 e. The van der Waals surface area contributed by atoms with Crippen molar-refractivity contribution in [2.75, 3.05) is 33.0 Å². The number of carbonyl (C=O) groups is 5. The summed E-state index contributed by atoms with van der Waals surface area (Å²) in [7, 11) is 0. The van der Waals surface area contributed by atoms with E-state index in [1.165, 1.54) is 0 Å². The third-order valence-electron chi connectivity index (χ3n) is 6.71. The maximum atomic E-state index is 14.1. The highest BCUT2D eigenvalue weighted by molar-refractivity contribution is 6.05. The molecule has 0 unspecified atom stereocenters. The number of benzene rings is 1. The predicted octanol–water partition coefficient (Wildman–Crippen LogP) is 3.06. The average molecular weight is 590 g/mol. The summed E-state index contributed by atoms with van der Waals surface area (Å²) in [5.74, 6) is -4.01. The molecule has 1 saturated heterocycles. The van der Waals surface area contributed by atoms with Gasteiger partial charge in [-0.25, -0.2) is 9.69 Å². The normalized spacial score (nSPS) is 17.7. The monoisotopic (exact) mass is 589 g/mol. The molecule has 1 heterocycles. The Labute approximate surface area is 247 Å². The lowest BCUT2D eigenvalue weighted by atomic mass is 9.85. The van der Waals surface area contributed by atoms with Crippen LogP contribution in [0.25, 0.3) is 0 Å². The van der Waals surface area contributed by atoms with Gasteiger partial charge in [-0.05, 0) is 50.3 Å². The molecule has 1 aromatic carbocycles. The maximum absolute atomic E-state index is 14.1. The molecule has 1 aliphatic rings. The van der Waals surface area contributed by atoms with Gasteiger partial charge in [-0.2, -0.15) is 0 Å². The zero-order valence-electron chi connectivity index (χ0n) is 25.1. The highest BCUT2D eigenvalue weighted by Gasteiger charge is 2.54. The van der Waals surface area contributed by atoms with Gasteiger partial charge in [0.2, 0.25) is 5.91 Å². The first kappa shape index (κ1) is 34.8. The average Bonchev–Trinajstić information content (AvgIpc) is 3.18. The summed E-state index contributed by atoms with van der Waals surface area (Å²) in [6.07, 6.45) is 0.211. The summed E-state index contributed by atoms with van der Waals surface area (Å²) in [5, 5.41) is 8.67. The van der Waals surface area contributed by atoms with E-state index in [2.05, 4.69) is 0 Å². The number of rotatable bonds is 18. The van der Waals surface area contributed by atoms with Gasteiger partial charge in [0.1, 0.15) is 5.60 Å². The van der Waals surface area contributed by atoms with Gasteiger partial charge in [0.05, 0.1) is 38.4 Å². The summed E-state index contributed by atoms with van der Waals surface area (Å²) in [6, 6.07) is 8.25. The second kappa shape index (κ2) is 16.9. The Bertz CT molecular complexity index is 1100. The molecule has 11 nitrogen and oxygen atoms in total. The molecular weight excluding hydrogens is 546 g/mol. The van der Waals surface area contributed by atoms with Crippen LogP contribution in [0.3, 0.4) is 0 Å². The number of ether oxygens (including phenoxy) is 4. The van der Waals surface area contributed by atoms with E-state index in [9.17, 15) is 24.0 Å². The number of aliphatic hydroxyl groups is 1. The topological polar surface area (TPSA) is 146 Å². The summed E-state index contributed by atoms with van der Waals surface area (Å²) in [4.78, 5) is 66.0. The smallest absolute Gasteiger partial charge is 0.417 e. The Morgan fingerprint density at radius 2 is 1.67 bits per heavy atom. The van der Waals surface area contributed by atoms with Gasteiger partial charge in [-0.3, -0.25) is 19.2 Å². The van der Waals surface area contributed by atoms with Crippen LogP contribution in [0.2, 0.25) is 0 Å². The van der Waals surface area contributed by atoms with E-state index in [0.29, 0.717) is 31.8 Å². The fourth-order valence-electron chi connectivity index (χ4n) is 5.06. The highest BCUT2D eigenvalue weighted by Crippen LogP contribution is 2.36. The van der Waals surface area contributed by atoms with Gasteiger partial charge < -0.3 is 24.1 Å². The molecule has 0 radical (unpaired) electrons. The minimum Gasteiger partial charge on any atom is -0.453 e. The lowest BCUT2D eigenvalue weighted by Gasteiger charge is -2.34. The SMILES string of the molecule is CC(=O)O[C@@H](C(=O)C=CC(=O)CCCOCCOCCO)[C@@H](Cc1ccccc1)C(=O)N1C(=O)OC(C)(C)[C@H]1C(C)C. The van der Waals surface area contributed by atoms with Crippen molar-refractivity contribution < 1.29 is 48.0 Å². The number of amides is 2. The number of aliphatic hydroxyl groups excluding tert-OH is 1. The van der Waals surface area contributed by atoms with Gasteiger partial charge >= 0.3 is 12.1 Å². The van der Waals surface area contributed by atoms with Crippen LogP contribution < -0.4 is 0 Å². The molecule has 1 fully saturated rings. The van der Waals surface area contributed by atoms with Crippen LogP contribution in [0.1, 0.15) is 53.0 Å². The molecule has 0 aromatic heterocycles. The lowest BCUT2D eigenvalue weighted by Crippen LogP contribution is -2.53. The molecular formula is C31H43NO10. The molecule has 2 rings (SSSR count). The number of carbonyl (C=O) groups excluding carboxylic acids is 5. The first-order valence-corrected chi connectivity index (χ1v) is 14.2. The lowest BCUT2D eigenvalue weighted by molar-refractivity contribution is -0.159. The van der Waals surface area contributed by atoms with E-state index < -0.39 is 47.4 Å². The van der Waals surface area contributed by atoms with Crippen molar-refractivity contribution in [2.45, 2.75) is 71.6 Å². The van der Waals surface area contributed by atoms with E-state index in [-0.39, 0.29) is 37.8 Å². The van der Waals surface area contributed by atoms with Crippen molar-refractivity contribution in [2.24, 2.45) is 11.8 Å². The first-order chi connectivity index (χ1) is 19.9. The number of esters is 1. The molecule has 0 aliphatic carbocycles. The van der Waals surface area contributed by atoms with Gasteiger partial charge in [-0.15, -0.1) is 0 Å². The molecule has 0 saturated carbocycles. The van der Waals surface area contributed by atoms with Crippen LogP contribution in [0.5, 0.6) is 0 Å². The third kappa shape index (κ3) is 10.5. The van der Waals surface area contributed by atoms with Crippen molar-refractivity contribution in [1.82, 2.24) is 4.90 Å². The Hall–Kier alpha value is -3.41. The molecule has 2 amide bonds. The second-order valence-electron chi connectivity index (χ2n) is 10.9. The molecule has 1 aromatic rings. The summed E-state index contributed by atoms with van der Waals surface area (Å²) in [5.41, 5.74) is -0.280. The number of hydrogen-bond donors (Lipinski definition) is 1. The number of hydrogen-bond acceptors (Lipinski definition) is 10. The molecule has 1 aliphatic heterocycles. The Morgan fingerprint density at radius 1 is 1.02 bits per heavy atom. The molecule has 3 atom stereocenters. The highest BCUT2D eigenvalue weighted by atomic mass is 16.6. The van der Waals surface area contributed by atoms with Crippen LogP contribution in [0, 0.1) is 11.8 Å². The maximum Gasteiger partial charge on any atom is 0.417 e. The Kier molecular flexibility index (Phi) is 14.0. The first-order valence-electron chi connectivity index (χ1n) is 14.2. The third-order valence-corrected chi connectivity index (χ3v) is 6.71. The molecule has 1 N–H and O–H groups in total. The summed E-state index contributed by atoms with van der Waals surface area (Å²) >= 11 is 0. The van der Waals surface area contributed by atoms with Crippen molar-refractivity contribution in [3.05, 3.63) is 48.0 Å². The second-order valence-corrected chi connectivity index (χ2v) is 10.9. The van der Waals surface area contributed by atoms with Gasteiger partial charge in [0, 0.05) is 20.0 Å². The number of imide groups is 1. The van der Waals surface area contributed by atoms with E-state index in [1.807, 2.05) is 13.8 Å². The summed E-state index contributed by atoms with van der Waals surface area (Å²) < 4.78 is 21.4. The molecule has 232 valence electrons. The predicted molar refractivity (Wildman–Crippen MR) is 152 cm³/mol. The fourth-order valence-corrected chi connectivity index (χ4v) is 5.06. The van der Waals surface area contributed by atoms with Crippen molar-refractivity contribution in [3.8, 4) is 0 Å². The fraction of sp³-hybridized carbons (Fsp3) is 0.581. The van der Waals surface area contributed by atoms with Crippen LogP contribution in [0.4, 0.5) is 4.79 Å². The molecule has 0 bridgehead atoms. The van der Waals surface area contributed by atoms with Crippen LogP contribution in [-0.4, -0.2) is 90.3 Å². The zero-order chi connectivity index (χ0) is 31.3. The van der Waals surface area contributed by atoms with Crippen molar-refractivity contribution >= 4 is 29.5 Å². The van der Waals surface area contributed by atoms with Gasteiger partial charge in [-0.1, -0.05) is 44.2 Å².